The Kier molecular flexibility index (Phi) is 8.46. The van der Waals surface area contributed by atoms with E-state index >= 15 is 0 Å². The largest absolute Gasteiger partial charge is 0.372 e. The highest BCUT2D eigenvalue weighted by Crippen LogP contribution is 2.18. The smallest absolute Gasteiger partial charge is 0.257 e. The van der Waals surface area contributed by atoms with E-state index in [4.69, 9.17) is 0 Å². The van der Waals surface area contributed by atoms with Crippen molar-refractivity contribution in [1.82, 2.24) is 10.3 Å². The lowest BCUT2D eigenvalue weighted by molar-refractivity contribution is 0.0952. The highest BCUT2D eigenvalue weighted by atomic mass is 16.2. The molecule has 28 heavy (non-hydrogen) atoms. The van der Waals surface area contributed by atoms with E-state index in [1.54, 1.807) is 6.07 Å². The average Bonchev–Trinajstić information content (AvgIpc) is 2.73. The number of hydrogen-bond donors (Lipinski definition) is 2. The maximum Gasteiger partial charge on any atom is 0.257 e. The molecule has 0 atom stereocenters. The molecule has 1 heterocycles. The number of carbonyl (C=O) groups is 2. The van der Waals surface area contributed by atoms with Gasteiger partial charge in [-0.05, 0) is 50.6 Å². The molecule has 6 heteroatoms. The van der Waals surface area contributed by atoms with Crippen LogP contribution in [0.15, 0.2) is 42.7 Å². The molecule has 2 amide bonds. The van der Waals surface area contributed by atoms with E-state index < -0.39 is 0 Å². The van der Waals surface area contributed by atoms with Crippen molar-refractivity contribution in [3.63, 3.8) is 0 Å². The van der Waals surface area contributed by atoms with Gasteiger partial charge in [0.1, 0.15) is 0 Å². The van der Waals surface area contributed by atoms with Crippen LogP contribution in [0, 0.1) is 0 Å². The topological polar surface area (TPSA) is 74.3 Å². The Bertz CT molecular complexity index is 770. The summed E-state index contributed by atoms with van der Waals surface area (Å²) in [6.45, 7) is 8.83. The summed E-state index contributed by atoms with van der Waals surface area (Å²) in [5.41, 5.74) is 2.57. The number of carbonyl (C=O) groups excluding carboxylic acids is 2. The molecule has 0 fully saturated rings. The van der Waals surface area contributed by atoms with Crippen molar-refractivity contribution in [2.45, 2.75) is 40.0 Å². The first kappa shape index (κ1) is 21.4. The summed E-state index contributed by atoms with van der Waals surface area (Å²) >= 11 is 0. The number of aromatic nitrogens is 1. The van der Waals surface area contributed by atoms with Gasteiger partial charge >= 0.3 is 0 Å². The Morgan fingerprint density at radius 3 is 2.18 bits per heavy atom. The molecule has 0 unspecified atom stereocenters. The predicted octanol–water partition coefficient (Wildman–Crippen LogP) is 4.10. The second-order valence-corrected chi connectivity index (χ2v) is 6.60. The average molecular weight is 383 g/mol. The highest BCUT2D eigenvalue weighted by molar-refractivity contribution is 6.05. The Morgan fingerprint density at radius 1 is 0.929 bits per heavy atom. The van der Waals surface area contributed by atoms with E-state index in [1.165, 1.54) is 12.4 Å². The molecular formula is C22H30N4O2. The molecule has 0 saturated carbocycles. The van der Waals surface area contributed by atoms with Crippen molar-refractivity contribution in [1.29, 1.82) is 0 Å². The number of amides is 2. The van der Waals surface area contributed by atoms with Crippen LogP contribution in [0.3, 0.4) is 0 Å². The molecule has 1 aromatic carbocycles. The second-order valence-electron chi connectivity index (χ2n) is 6.60. The number of nitrogens with one attached hydrogen (secondary N) is 2. The molecule has 2 N–H and O–H groups in total. The van der Waals surface area contributed by atoms with Crippen molar-refractivity contribution in [3.05, 3.63) is 53.9 Å². The fourth-order valence-corrected chi connectivity index (χ4v) is 2.91. The highest BCUT2D eigenvalue weighted by Gasteiger charge is 2.12. The van der Waals surface area contributed by atoms with Crippen LogP contribution in [0.5, 0.6) is 0 Å². The molecule has 1 aromatic heterocycles. The molecule has 150 valence electrons. The Hall–Kier alpha value is -2.89. The molecule has 2 aromatic rings. The van der Waals surface area contributed by atoms with Crippen LogP contribution >= 0.6 is 0 Å². The third kappa shape index (κ3) is 6.08. The molecule has 0 bridgehead atoms. The van der Waals surface area contributed by atoms with Gasteiger partial charge < -0.3 is 15.5 Å². The van der Waals surface area contributed by atoms with Crippen molar-refractivity contribution in [2.24, 2.45) is 0 Å². The molecule has 0 saturated heterocycles. The van der Waals surface area contributed by atoms with Gasteiger partial charge in [-0.1, -0.05) is 19.8 Å². The first-order valence-corrected chi connectivity index (χ1v) is 9.98. The van der Waals surface area contributed by atoms with Crippen LogP contribution in [0.4, 0.5) is 11.4 Å². The minimum absolute atomic E-state index is 0.207. The molecule has 0 aliphatic carbocycles. The van der Waals surface area contributed by atoms with Crippen LogP contribution < -0.4 is 15.5 Å². The SMILES string of the molecule is CCCCCNC(=O)c1cncc(C(=O)Nc2ccc(N(CC)CC)cc2)c1. The van der Waals surface area contributed by atoms with Crippen LogP contribution in [0.1, 0.15) is 60.7 Å². The Labute approximate surface area is 167 Å². The molecule has 2 rings (SSSR count). The van der Waals surface area contributed by atoms with E-state index in [1.807, 2.05) is 24.3 Å². The second kappa shape index (κ2) is 11.1. The summed E-state index contributed by atoms with van der Waals surface area (Å²) in [4.78, 5) is 31.0. The molecular weight excluding hydrogens is 352 g/mol. The van der Waals surface area contributed by atoms with Crippen LogP contribution in [0.2, 0.25) is 0 Å². The number of unbranched alkanes of at least 4 members (excludes halogenated alkanes) is 2. The zero-order chi connectivity index (χ0) is 20.4. The molecule has 6 nitrogen and oxygen atoms in total. The van der Waals surface area contributed by atoms with Gasteiger partial charge in [0.15, 0.2) is 0 Å². The molecule has 0 radical (unpaired) electrons. The number of hydrogen-bond acceptors (Lipinski definition) is 4. The Morgan fingerprint density at radius 2 is 1.57 bits per heavy atom. The van der Waals surface area contributed by atoms with Crippen LogP contribution in [-0.4, -0.2) is 36.4 Å². The van der Waals surface area contributed by atoms with Crippen molar-refractivity contribution in [3.8, 4) is 0 Å². The zero-order valence-corrected chi connectivity index (χ0v) is 17.0. The monoisotopic (exact) mass is 382 g/mol. The van der Waals surface area contributed by atoms with Gasteiger partial charge in [0, 0.05) is 43.4 Å². The van der Waals surface area contributed by atoms with Gasteiger partial charge in [0.25, 0.3) is 11.8 Å². The number of benzene rings is 1. The van der Waals surface area contributed by atoms with E-state index in [9.17, 15) is 9.59 Å². The fourth-order valence-electron chi connectivity index (χ4n) is 2.91. The minimum Gasteiger partial charge on any atom is -0.372 e. The van der Waals surface area contributed by atoms with E-state index in [0.717, 1.165) is 38.0 Å². The molecule has 0 spiro atoms. The maximum absolute atomic E-state index is 12.5. The van der Waals surface area contributed by atoms with Crippen LogP contribution in [-0.2, 0) is 0 Å². The fraction of sp³-hybridized carbons (Fsp3) is 0.409. The first-order chi connectivity index (χ1) is 13.6. The van der Waals surface area contributed by atoms with E-state index in [2.05, 4.69) is 41.3 Å². The number of pyridine rings is 1. The third-order valence-corrected chi connectivity index (χ3v) is 4.58. The quantitative estimate of drug-likeness (QED) is 0.607. The van der Waals surface area contributed by atoms with Gasteiger partial charge in [-0.25, -0.2) is 0 Å². The van der Waals surface area contributed by atoms with Crippen molar-refractivity contribution in [2.75, 3.05) is 29.9 Å². The van der Waals surface area contributed by atoms with Gasteiger partial charge in [-0.3, -0.25) is 14.6 Å². The minimum atomic E-state index is -0.288. The lowest BCUT2D eigenvalue weighted by atomic mass is 10.1. The Balaban J connectivity index is 1.99. The lowest BCUT2D eigenvalue weighted by Gasteiger charge is -2.21. The lowest BCUT2D eigenvalue weighted by Crippen LogP contribution is -2.25. The number of anilines is 2. The number of nitrogens with zero attached hydrogens (tertiary/aromatic N) is 2. The standard InChI is InChI=1S/C22H30N4O2/c1-4-7-8-13-24-21(27)17-14-18(16-23-15-17)22(28)25-19-9-11-20(12-10-19)26(5-2)6-3/h9-12,14-16H,4-8,13H2,1-3H3,(H,24,27)(H,25,28). The summed E-state index contributed by atoms with van der Waals surface area (Å²) < 4.78 is 0. The van der Waals surface area contributed by atoms with Gasteiger partial charge in [-0.15, -0.1) is 0 Å². The van der Waals surface area contributed by atoms with Crippen molar-refractivity contribution >= 4 is 23.2 Å². The molecule has 0 aliphatic rings. The van der Waals surface area contributed by atoms with Gasteiger partial charge in [0.05, 0.1) is 11.1 Å². The van der Waals surface area contributed by atoms with Crippen molar-refractivity contribution < 1.29 is 9.59 Å². The van der Waals surface area contributed by atoms with Gasteiger partial charge in [0.2, 0.25) is 0 Å². The first-order valence-electron chi connectivity index (χ1n) is 9.98. The number of rotatable bonds is 10. The maximum atomic E-state index is 12.5. The summed E-state index contributed by atoms with van der Waals surface area (Å²) in [5.74, 6) is -0.495. The molecule has 0 aliphatic heterocycles. The zero-order valence-electron chi connectivity index (χ0n) is 17.0. The summed E-state index contributed by atoms with van der Waals surface area (Å²) in [6, 6.07) is 9.30. The predicted molar refractivity (Wildman–Crippen MR) is 114 cm³/mol. The van der Waals surface area contributed by atoms with Gasteiger partial charge in [-0.2, -0.15) is 0 Å². The normalized spacial score (nSPS) is 10.4. The third-order valence-electron chi connectivity index (χ3n) is 4.58. The summed E-state index contributed by atoms with van der Waals surface area (Å²) in [7, 11) is 0. The summed E-state index contributed by atoms with van der Waals surface area (Å²) in [6.07, 6.45) is 6.06. The summed E-state index contributed by atoms with van der Waals surface area (Å²) in [5, 5.41) is 5.72. The van der Waals surface area contributed by atoms with Crippen LogP contribution in [0.25, 0.3) is 0 Å². The van der Waals surface area contributed by atoms with E-state index in [-0.39, 0.29) is 11.8 Å². The van der Waals surface area contributed by atoms with E-state index in [0.29, 0.717) is 23.4 Å².